The van der Waals surface area contributed by atoms with E-state index < -0.39 is 5.41 Å². The Balaban J connectivity index is 3.02. The third kappa shape index (κ3) is 3.03. The molecule has 0 unspecified atom stereocenters. The van der Waals surface area contributed by atoms with Crippen LogP contribution in [0.5, 0.6) is 0 Å². The minimum absolute atomic E-state index is 0.0636. The molecule has 0 aliphatic heterocycles. The monoisotopic (exact) mass is 254 g/mol. The largest absolute Gasteiger partial charge is 0.369 e. The van der Waals surface area contributed by atoms with Gasteiger partial charge < -0.3 is 11.1 Å². The van der Waals surface area contributed by atoms with Crippen LogP contribution in [0.2, 0.25) is 0 Å². The zero-order valence-electron chi connectivity index (χ0n) is 12.4. The first-order valence-corrected chi connectivity index (χ1v) is 6.52. The van der Waals surface area contributed by atoms with Crippen LogP contribution in [0.1, 0.15) is 54.4 Å². The van der Waals surface area contributed by atoms with E-state index in [2.05, 4.69) is 5.32 Å². The van der Waals surface area contributed by atoms with E-state index in [1.54, 1.807) is 0 Å². The van der Waals surface area contributed by atoms with Crippen molar-refractivity contribution in [3.8, 4) is 0 Å². The molecule has 1 fully saturated rings. The van der Waals surface area contributed by atoms with Crippen LogP contribution in [-0.2, 0) is 9.59 Å². The van der Waals surface area contributed by atoms with Gasteiger partial charge in [0.25, 0.3) is 0 Å². The second kappa shape index (κ2) is 4.25. The van der Waals surface area contributed by atoms with Crippen molar-refractivity contribution in [2.24, 2.45) is 22.5 Å². The molecule has 0 saturated heterocycles. The first-order chi connectivity index (χ1) is 7.90. The van der Waals surface area contributed by atoms with Crippen molar-refractivity contribution < 1.29 is 9.59 Å². The molecule has 0 radical (unpaired) electrons. The lowest BCUT2D eigenvalue weighted by atomic mass is 9.70. The van der Waals surface area contributed by atoms with Crippen LogP contribution in [0, 0.1) is 16.7 Å². The molecule has 1 saturated carbocycles. The van der Waals surface area contributed by atoms with Crippen LogP contribution in [0.3, 0.4) is 0 Å². The van der Waals surface area contributed by atoms with Gasteiger partial charge in [0.15, 0.2) is 0 Å². The quantitative estimate of drug-likeness (QED) is 0.806. The van der Waals surface area contributed by atoms with E-state index in [4.69, 9.17) is 5.73 Å². The van der Waals surface area contributed by atoms with E-state index in [9.17, 15) is 9.59 Å². The van der Waals surface area contributed by atoms with E-state index in [1.165, 1.54) is 0 Å². The highest BCUT2D eigenvalue weighted by atomic mass is 16.2. The third-order valence-electron chi connectivity index (χ3n) is 3.46. The van der Waals surface area contributed by atoms with Crippen molar-refractivity contribution in [2.75, 3.05) is 0 Å². The third-order valence-corrected chi connectivity index (χ3v) is 3.46. The highest BCUT2D eigenvalue weighted by Gasteiger charge is 2.60. The molecule has 104 valence electrons. The molecule has 0 aromatic rings. The summed E-state index contributed by atoms with van der Waals surface area (Å²) in [7, 11) is 0. The summed E-state index contributed by atoms with van der Waals surface area (Å²) in [6.45, 7) is 11.8. The maximum absolute atomic E-state index is 12.5. The SMILES string of the molecule is CC(C)(C)NC(=O)[C@H](C(C)(C)C)C1(C(N)=O)CC1. The predicted molar refractivity (Wildman–Crippen MR) is 71.7 cm³/mol. The maximum Gasteiger partial charge on any atom is 0.225 e. The molecule has 0 aromatic carbocycles. The summed E-state index contributed by atoms with van der Waals surface area (Å²) < 4.78 is 0. The van der Waals surface area contributed by atoms with Gasteiger partial charge in [-0.15, -0.1) is 0 Å². The Hall–Kier alpha value is -1.06. The summed E-state index contributed by atoms with van der Waals surface area (Å²) >= 11 is 0. The van der Waals surface area contributed by atoms with E-state index in [0.29, 0.717) is 0 Å². The van der Waals surface area contributed by atoms with Crippen molar-refractivity contribution in [3.63, 3.8) is 0 Å². The molecule has 2 amide bonds. The molecular weight excluding hydrogens is 228 g/mol. The van der Waals surface area contributed by atoms with E-state index in [-0.39, 0.29) is 28.7 Å². The average Bonchev–Trinajstić information content (AvgIpc) is 2.78. The minimum Gasteiger partial charge on any atom is -0.369 e. The van der Waals surface area contributed by atoms with Gasteiger partial charge in [0.05, 0.1) is 11.3 Å². The Kier molecular flexibility index (Phi) is 3.54. The molecule has 1 atom stereocenters. The number of nitrogens with one attached hydrogen (secondary N) is 1. The highest BCUT2D eigenvalue weighted by molar-refractivity contribution is 5.92. The minimum atomic E-state index is -0.631. The second-order valence-corrected chi connectivity index (χ2v) is 7.56. The Morgan fingerprint density at radius 1 is 1.11 bits per heavy atom. The molecule has 1 aliphatic carbocycles. The first kappa shape index (κ1) is 15.0. The summed E-state index contributed by atoms with van der Waals surface area (Å²) in [5, 5.41) is 2.98. The summed E-state index contributed by atoms with van der Waals surface area (Å²) in [4.78, 5) is 24.2. The maximum atomic E-state index is 12.5. The van der Waals surface area contributed by atoms with Crippen molar-refractivity contribution >= 4 is 11.8 Å². The zero-order valence-corrected chi connectivity index (χ0v) is 12.4. The molecule has 1 aliphatic rings. The van der Waals surface area contributed by atoms with Gasteiger partial charge >= 0.3 is 0 Å². The molecule has 0 aromatic heterocycles. The van der Waals surface area contributed by atoms with Crippen LogP contribution in [-0.4, -0.2) is 17.4 Å². The smallest absolute Gasteiger partial charge is 0.225 e. The number of hydrogen-bond acceptors (Lipinski definition) is 2. The van der Waals surface area contributed by atoms with Crippen LogP contribution >= 0.6 is 0 Å². The van der Waals surface area contributed by atoms with Gasteiger partial charge in [0, 0.05) is 5.54 Å². The van der Waals surface area contributed by atoms with Crippen LogP contribution in [0.4, 0.5) is 0 Å². The van der Waals surface area contributed by atoms with Gasteiger partial charge in [0.2, 0.25) is 11.8 Å². The Morgan fingerprint density at radius 3 is 1.78 bits per heavy atom. The molecule has 4 nitrogen and oxygen atoms in total. The van der Waals surface area contributed by atoms with Gasteiger partial charge in [-0.2, -0.15) is 0 Å². The number of carbonyl (C=O) groups is 2. The topological polar surface area (TPSA) is 72.2 Å². The lowest BCUT2D eigenvalue weighted by Gasteiger charge is -2.37. The lowest BCUT2D eigenvalue weighted by molar-refractivity contribution is -0.140. The van der Waals surface area contributed by atoms with Crippen LogP contribution in [0.25, 0.3) is 0 Å². The Labute approximate surface area is 110 Å². The second-order valence-electron chi connectivity index (χ2n) is 7.56. The number of hydrogen-bond donors (Lipinski definition) is 2. The fraction of sp³-hybridized carbons (Fsp3) is 0.857. The normalized spacial score (nSPS) is 20.1. The van der Waals surface area contributed by atoms with Gasteiger partial charge in [-0.3, -0.25) is 9.59 Å². The van der Waals surface area contributed by atoms with Crippen LogP contribution < -0.4 is 11.1 Å². The zero-order chi connectivity index (χ0) is 14.4. The Bertz CT molecular complexity index is 357. The number of amides is 2. The van der Waals surface area contributed by atoms with Crippen molar-refractivity contribution in [1.29, 1.82) is 0 Å². The molecule has 18 heavy (non-hydrogen) atoms. The summed E-state index contributed by atoms with van der Waals surface area (Å²) in [6.07, 6.45) is 1.45. The molecule has 4 heteroatoms. The summed E-state index contributed by atoms with van der Waals surface area (Å²) in [5.74, 6) is -0.764. The van der Waals surface area contributed by atoms with Gasteiger partial charge in [-0.1, -0.05) is 20.8 Å². The number of carbonyl (C=O) groups excluding carboxylic acids is 2. The van der Waals surface area contributed by atoms with Crippen LogP contribution in [0.15, 0.2) is 0 Å². The molecule has 0 bridgehead atoms. The number of nitrogens with two attached hydrogens (primary N) is 1. The summed E-state index contributed by atoms with van der Waals surface area (Å²) in [6, 6.07) is 0. The molecule has 0 spiro atoms. The van der Waals surface area contributed by atoms with Crippen molar-refractivity contribution in [3.05, 3.63) is 0 Å². The first-order valence-electron chi connectivity index (χ1n) is 6.52. The van der Waals surface area contributed by atoms with Gasteiger partial charge in [-0.05, 0) is 39.0 Å². The van der Waals surface area contributed by atoms with Gasteiger partial charge in [0.1, 0.15) is 0 Å². The lowest BCUT2D eigenvalue weighted by Crippen LogP contribution is -2.52. The fourth-order valence-corrected chi connectivity index (χ4v) is 2.73. The molecule has 0 heterocycles. The van der Waals surface area contributed by atoms with Gasteiger partial charge in [-0.25, -0.2) is 0 Å². The molecule has 1 rings (SSSR count). The Morgan fingerprint density at radius 2 is 1.56 bits per heavy atom. The van der Waals surface area contributed by atoms with E-state index in [1.807, 2.05) is 41.5 Å². The number of rotatable bonds is 3. The number of primary amides is 1. The molecular formula is C14H26N2O2. The summed E-state index contributed by atoms with van der Waals surface area (Å²) in [5.41, 5.74) is 4.31. The van der Waals surface area contributed by atoms with E-state index >= 15 is 0 Å². The average molecular weight is 254 g/mol. The van der Waals surface area contributed by atoms with E-state index in [0.717, 1.165) is 12.8 Å². The van der Waals surface area contributed by atoms with Crippen molar-refractivity contribution in [2.45, 2.75) is 59.9 Å². The fourth-order valence-electron chi connectivity index (χ4n) is 2.73. The predicted octanol–water partition coefficient (Wildman–Crippen LogP) is 1.83. The highest BCUT2D eigenvalue weighted by Crippen LogP contribution is 2.57. The molecule has 3 N–H and O–H groups in total. The van der Waals surface area contributed by atoms with Crippen molar-refractivity contribution in [1.82, 2.24) is 5.32 Å². The standard InChI is InChI=1S/C14H26N2O2/c1-12(2,3)9(10(17)16-13(4,5)6)14(7-8-14)11(15)18/h9H,7-8H2,1-6H3,(H2,15,18)(H,16,17)/t9-/m1/s1.